The summed E-state index contributed by atoms with van der Waals surface area (Å²) in [6, 6.07) is 2.32. The number of nitrogens with zero attached hydrogens (tertiary/aromatic N) is 2. The predicted molar refractivity (Wildman–Crippen MR) is 65.0 cm³/mol. The van der Waals surface area contributed by atoms with Gasteiger partial charge in [0.25, 0.3) is 0 Å². The first-order valence-electron chi connectivity index (χ1n) is 6.50. The van der Waals surface area contributed by atoms with E-state index < -0.39 is 0 Å². The second kappa shape index (κ2) is 5.16. The zero-order valence-electron chi connectivity index (χ0n) is 10.3. The fraction of sp³-hybridized carbons (Fsp3) is 0.923. The van der Waals surface area contributed by atoms with E-state index in [0.717, 1.165) is 25.4 Å². The van der Waals surface area contributed by atoms with Crippen LogP contribution in [0.4, 0.5) is 0 Å². The first kappa shape index (κ1) is 11.9. The van der Waals surface area contributed by atoms with Crippen LogP contribution in [0.1, 0.15) is 32.1 Å². The van der Waals surface area contributed by atoms with E-state index >= 15 is 0 Å². The Morgan fingerprint density at radius 1 is 1.50 bits per heavy atom. The van der Waals surface area contributed by atoms with Gasteiger partial charge in [-0.2, -0.15) is 5.26 Å². The number of hydrogen-bond acceptors (Lipinski definition) is 3. The topological polar surface area (TPSA) is 39.1 Å². The maximum absolute atomic E-state index is 8.74. The van der Waals surface area contributed by atoms with Gasteiger partial charge in [0.15, 0.2) is 0 Å². The molecule has 1 atom stereocenters. The Morgan fingerprint density at radius 3 is 2.94 bits per heavy atom. The van der Waals surface area contributed by atoms with Crippen molar-refractivity contribution in [1.82, 2.24) is 10.2 Å². The second-order valence-corrected chi connectivity index (χ2v) is 5.74. The Morgan fingerprint density at radius 2 is 2.31 bits per heavy atom. The molecule has 1 saturated carbocycles. The fourth-order valence-electron chi connectivity index (χ4n) is 2.74. The van der Waals surface area contributed by atoms with Gasteiger partial charge >= 0.3 is 0 Å². The molecule has 1 saturated heterocycles. The average Bonchev–Trinajstić information content (AvgIpc) is 2.99. The molecular weight excluding hydrogens is 198 g/mol. The molecular formula is C13H23N3. The van der Waals surface area contributed by atoms with Crippen molar-refractivity contribution in [2.45, 2.75) is 32.1 Å². The highest BCUT2D eigenvalue weighted by Crippen LogP contribution is 2.47. The number of nitrogens with one attached hydrogen (secondary N) is 1. The van der Waals surface area contributed by atoms with Crippen molar-refractivity contribution in [3.63, 3.8) is 0 Å². The molecule has 0 aromatic heterocycles. The number of rotatable bonds is 5. The lowest BCUT2D eigenvalue weighted by atomic mass is 9.97. The Labute approximate surface area is 98.8 Å². The van der Waals surface area contributed by atoms with Gasteiger partial charge in [-0.15, -0.1) is 0 Å². The summed E-state index contributed by atoms with van der Waals surface area (Å²) < 4.78 is 0. The van der Waals surface area contributed by atoms with Crippen LogP contribution >= 0.6 is 0 Å². The summed E-state index contributed by atoms with van der Waals surface area (Å²) >= 11 is 0. The van der Waals surface area contributed by atoms with Gasteiger partial charge in [0.2, 0.25) is 0 Å². The molecule has 0 spiro atoms. The molecule has 2 fully saturated rings. The normalized spacial score (nSPS) is 28.6. The quantitative estimate of drug-likeness (QED) is 0.766. The van der Waals surface area contributed by atoms with E-state index in [0.29, 0.717) is 5.41 Å². The number of nitriles is 1. The molecule has 2 rings (SSSR count). The SMILES string of the molecule is CN1CCCC(CNCC2(CC#N)CC2)C1. The van der Waals surface area contributed by atoms with Crippen LogP contribution in [0.5, 0.6) is 0 Å². The monoisotopic (exact) mass is 221 g/mol. The van der Waals surface area contributed by atoms with Gasteiger partial charge < -0.3 is 10.2 Å². The highest BCUT2D eigenvalue weighted by molar-refractivity contribution is 5.00. The number of hydrogen-bond donors (Lipinski definition) is 1. The minimum Gasteiger partial charge on any atom is -0.316 e. The van der Waals surface area contributed by atoms with Gasteiger partial charge in [0.05, 0.1) is 6.07 Å². The minimum atomic E-state index is 0.356. The van der Waals surface area contributed by atoms with Crippen molar-refractivity contribution < 1.29 is 0 Å². The van der Waals surface area contributed by atoms with E-state index in [1.54, 1.807) is 0 Å². The van der Waals surface area contributed by atoms with Gasteiger partial charge in [0, 0.05) is 19.5 Å². The molecule has 0 bridgehead atoms. The standard InChI is InChI=1S/C13H23N3/c1-16-8-2-3-12(10-16)9-15-11-13(4-5-13)6-7-14/h12,15H,2-6,8-11H2,1H3. The van der Waals surface area contributed by atoms with E-state index in [1.807, 2.05) is 0 Å². The summed E-state index contributed by atoms with van der Waals surface area (Å²) in [5, 5.41) is 12.3. The third kappa shape index (κ3) is 3.20. The molecule has 1 aliphatic heterocycles. The van der Waals surface area contributed by atoms with Gasteiger partial charge in [-0.1, -0.05) is 0 Å². The lowest BCUT2D eigenvalue weighted by Crippen LogP contribution is -2.38. The highest BCUT2D eigenvalue weighted by Gasteiger charge is 2.41. The van der Waals surface area contributed by atoms with E-state index in [-0.39, 0.29) is 0 Å². The summed E-state index contributed by atoms with van der Waals surface area (Å²) in [6.07, 6.45) is 5.94. The van der Waals surface area contributed by atoms with E-state index in [2.05, 4.69) is 23.3 Å². The summed E-state index contributed by atoms with van der Waals surface area (Å²) in [5.74, 6) is 0.816. The molecule has 0 radical (unpaired) electrons. The zero-order valence-corrected chi connectivity index (χ0v) is 10.3. The summed E-state index contributed by atoms with van der Waals surface area (Å²) in [4.78, 5) is 2.43. The third-order valence-electron chi connectivity index (χ3n) is 4.07. The van der Waals surface area contributed by atoms with Crippen molar-refractivity contribution in [2.24, 2.45) is 11.3 Å². The molecule has 1 aliphatic carbocycles. The fourth-order valence-corrected chi connectivity index (χ4v) is 2.74. The molecule has 1 N–H and O–H groups in total. The molecule has 2 aliphatic rings. The Hall–Kier alpha value is -0.590. The van der Waals surface area contributed by atoms with Crippen LogP contribution in [0.15, 0.2) is 0 Å². The predicted octanol–water partition coefficient (Wildman–Crippen LogP) is 1.61. The van der Waals surface area contributed by atoms with Crippen molar-refractivity contribution >= 4 is 0 Å². The molecule has 1 unspecified atom stereocenters. The Bertz CT molecular complexity index is 265. The second-order valence-electron chi connectivity index (χ2n) is 5.74. The lowest BCUT2D eigenvalue weighted by molar-refractivity contribution is 0.204. The van der Waals surface area contributed by atoms with Crippen LogP contribution in [0.25, 0.3) is 0 Å². The minimum absolute atomic E-state index is 0.356. The highest BCUT2D eigenvalue weighted by atomic mass is 15.1. The van der Waals surface area contributed by atoms with Crippen LogP contribution < -0.4 is 5.32 Å². The maximum atomic E-state index is 8.74. The number of likely N-dealkylation sites (tertiary alicyclic amines) is 1. The van der Waals surface area contributed by atoms with Crippen molar-refractivity contribution in [1.29, 1.82) is 5.26 Å². The molecule has 3 nitrogen and oxygen atoms in total. The summed E-state index contributed by atoms with van der Waals surface area (Å²) in [6.45, 7) is 4.69. The third-order valence-corrected chi connectivity index (χ3v) is 4.07. The van der Waals surface area contributed by atoms with Gasteiger partial charge in [-0.3, -0.25) is 0 Å². The van der Waals surface area contributed by atoms with E-state index in [9.17, 15) is 0 Å². The Kier molecular flexibility index (Phi) is 3.83. The number of piperidine rings is 1. The molecule has 1 heterocycles. The molecule has 3 heteroatoms. The van der Waals surface area contributed by atoms with Crippen LogP contribution in [0.2, 0.25) is 0 Å². The summed E-state index contributed by atoms with van der Waals surface area (Å²) in [5.41, 5.74) is 0.356. The molecule has 16 heavy (non-hydrogen) atoms. The van der Waals surface area contributed by atoms with Crippen LogP contribution in [0.3, 0.4) is 0 Å². The molecule has 0 aromatic rings. The average molecular weight is 221 g/mol. The van der Waals surface area contributed by atoms with Gasteiger partial charge in [0.1, 0.15) is 0 Å². The lowest BCUT2D eigenvalue weighted by Gasteiger charge is -2.30. The zero-order chi connectivity index (χ0) is 11.4. The van der Waals surface area contributed by atoms with Gasteiger partial charge in [-0.05, 0) is 57.2 Å². The first-order chi connectivity index (χ1) is 7.74. The van der Waals surface area contributed by atoms with Crippen molar-refractivity contribution in [3.8, 4) is 6.07 Å². The van der Waals surface area contributed by atoms with Crippen molar-refractivity contribution in [3.05, 3.63) is 0 Å². The van der Waals surface area contributed by atoms with E-state index in [4.69, 9.17) is 5.26 Å². The molecule has 0 aromatic carbocycles. The molecule has 0 amide bonds. The first-order valence-corrected chi connectivity index (χ1v) is 6.50. The van der Waals surface area contributed by atoms with Crippen LogP contribution in [0, 0.1) is 22.7 Å². The maximum Gasteiger partial charge on any atom is 0.0628 e. The molecule has 90 valence electrons. The van der Waals surface area contributed by atoms with Crippen molar-refractivity contribution in [2.75, 3.05) is 33.2 Å². The smallest absolute Gasteiger partial charge is 0.0628 e. The van der Waals surface area contributed by atoms with Crippen LogP contribution in [-0.4, -0.2) is 38.1 Å². The van der Waals surface area contributed by atoms with Crippen LogP contribution in [-0.2, 0) is 0 Å². The van der Waals surface area contributed by atoms with Gasteiger partial charge in [-0.25, -0.2) is 0 Å². The largest absolute Gasteiger partial charge is 0.316 e. The van der Waals surface area contributed by atoms with E-state index in [1.165, 1.54) is 38.8 Å². The Balaban J connectivity index is 1.63. The summed E-state index contributed by atoms with van der Waals surface area (Å²) in [7, 11) is 2.21.